The van der Waals surface area contributed by atoms with E-state index >= 15 is 0 Å². The zero-order valence-corrected chi connectivity index (χ0v) is 17.1. The van der Waals surface area contributed by atoms with Gasteiger partial charge in [0.1, 0.15) is 11.9 Å². The standard InChI is InChI=1S/C24H21F2N3O3/c25-19-6-7-22(20(26)13-19)32-15-23(30)29-10-9-28-24(31)21(29)12-16-3-1-4-17(11-16)18-5-2-8-27-14-18/h1-8,11,13-14,21H,9-10,12,15H2,(H,28,31). The molecule has 1 atom stereocenters. The molecule has 1 aliphatic heterocycles. The third-order valence-corrected chi connectivity index (χ3v) is 5.25. The van der Waals surface area contributed by atoms with Crippen LogP contribution in [0.15, 0.2) is 67.0 Å². The lowest BCUT2D eigenvalue weighted by Crippen LogP contribution is -2.58. The van der Waals surface area contributed by atoms with Gasteiger partial charge in [0.2, 0.25) is 5.91 Å². The molecule has 32 heavy (non-hydrogen) atoms. The van der Waals surface area contributed by atoms with Gasteiger partial charge >= 0.3 is 0 Å². The molecule has 6 nitrogen and oxygen atoms in total. The van der Waals surface area contributed by atoms with Crippen LogP contribution in [0.3, 0.4) is 0 Å². The van der Waals surface area contributed by atoms with Crippen molar-refractivity contribution in [2.24, 2.45) is 0 Å². The third-order valence-electron chi connectivity index (χ3n) is 5.25. The Morgan fingerprint density at radius 3 is 2.75 bits per heavy atom. The van der Waals surface area contributed by atoms with Crippen LogP contribution in [0.5, 0.6) is 5.75 Å². The molecule has 4 rings (SSSR count). The summed E-state index contributed by atoms with van der Waals surface area (Å²) in [4.78, 5) is 31.0. The highest BCUT2D eigenvalue weighted by Crippen LogP contribution is 2.22. The number of nitrogens with zero attached hydrogens (tertiary/aromatic N) is 2. The van der Waals surface area contributed by atoms with E-state index in [1.165, 1.54) is 4.90 Å². The van der Waals surface area contributed by atoms with Crippen molar-refractivity contribution in [2.75, 3.05) is 19.7 Å². The predicted octanol–water partition coefficient (Wildman–Crippen LogP) is 2.98. The molecule has 1 fully saturated rings. The highest BCUT2D eigenvalue weighted by Gasteiger charge is 2.33. The lowest BCUT2D eigenvalue weighted by Gasteiger charge is -2.35. The molecule has 0 radical (unpaired) electrons. The molecule has 1 N–H and O–H groups in total. The van der Waals surface area contributed by atoms with E-state index in [4.69, 9.17) is 4.74 Å². The first-order chi connectivity index (χ1) is 15.5. The van der Waals surface area contributed by atoms with Gasteiger partial charge in [-0.3, -0.25) is 14.6 Å². The first-order valence-electron chi connectivity index (χ1n) is 10.2. The molecule has 164 valence electrons. The van der Waals surface area contributed by atoms with Crippen LogP contribution in [-0.2, 0) is 16.0 Å². The Kier molecular flexibility index (Phi) is 6.39. The van der Waals surface area contributed by atoms with Gasteiger partial charge in [0.05, 0.1) is 0 Å². The van der Waals surface area contributed by atoms with Crippen LogP contribution in [0.4, 0.5) is 8.78 Å². The van der Waals surface area contributed by atoms with Gasteiger partial charge in [0.15, 0.2) is 18.2 Å². The van der Waals surface area contributed by atoms with E-state index in [1.807, 2.05) is 36.4 Å². The van der Waals surface area contributed by atoms with E-state index in [2.05, 4.69) is 10.3 Å². The second-order valence-corrected chi connectivity index (χ2v) is 7.40. The third kappa shape index (κ3) is 4.91. The van der Waals surface area contributed by atoms with Crippen LogP contribution in [0.25, 0.3) is 11.1 Å². The van der Waals surface area contributed by atoms with Crippen molar-refractivity contribution in [1.82, 2.24) is 15.2 Å². The molecule has 0 saturated carbocycles. The smallest absolute Gasteiger partial charge is 0.261 e. The van der Waals surface area contributed by atoms with Gasteiger partial charge < -0.3 is 15.0 Å². The molecule has 2 amide bonds. The number of rotatable bonds is 6. The summed E-state index contributed by atoms with van der Waals surface area (Å²) >= 11 is 0. The Morgan fingerprint density at radius 1 is 1.12 bits per heavy atom. The maximum absolute atomic E-state index is 13.8. The average molecular weight is 437 g/mol. The fraction of sp³-hybridized carbons (Fsp3) is 0.208. The Labute approximate surface area is 183 Å². The lowest BCUT2D eigenvalue weighted by molar-refractivity contribution is -0.144. The van der Waals surface area contributed by atoms with Crippen molar-refractivity contribution in [1.29, 1.82) is 0 Å². The molecule has 1 unspecified atom stereocenters. The normalized spacial score (nSPS) is 15.9. The van der Waals surface area contributed by atoms with Crippen LogP contribution < -0.4 is 10.1 Å². The van der Waals surface area contributed by atoms with Crippen LogP contribution in [0.2, 0.25) is 0 Å². The van der Waals surface area contributed by atoms with Crippen LogP contribution in [-0.4, -0.2) is 47.4 Å². The Bertz CT molecular complexity index is 1120. The number of aromatic nitrogens is 1. The van der Waals surface area contributed by atoms with E-state index in [9.17, 15) is 18.4 Å². The predicted molar refractivity (Wildman–Crippen MR) is 114 cm³/mol. The van der Waals surface area contributed by atoms with Crippen molar-refractivity contribution in [2.45, 2.75) is 12.5 Å². The van der Waals surface area contributed by atoms with Crippen molar-refractivity contribution in [3.05, 3.63) is 84.2 Å². The second kappa shape index (κ2) is 9.55. The Hall–Kier alpha value is -3.81. The number of pyridine rings is 1. The van der Waals surface area contributed by atoms with Gasteiger partial charge in [0, 0.05) is 38.0 Å². The van der Waals surface area contributed by atoms with Crippen molar-refractivity contribution < 1.29 is 23.1 Å². The molecule has 3 aromatic rings. The first-order valence-corrected chi connectivity index (χ1v) is 10.2. The van der Waals surface area contributed by atoms with E-state index in [0.717, 1.165) is 28.8 Å². The van der Waals surface area contributed by atoms with Gasteiger partial charge in [-0.05, 0) is 34.9 Å². The zero-order chi connectivity index (χ0) is 22.5. The summed E-state index contributed by atoms with van der Waals surface area (Å²) in [5, 5.41) is 2.79. The summed E-state index contributed by atoms with van der Waals surface area (Å²) in [6, 6.07) is 13.6. The van der Waals surface area contributed by atoms with Gasteiger partial charge in [-0.15, -0.1) is 0 Å². The zero-order valence-electron chi connectivity index (χ0n) is 17.1. The van der Waals surface area contributed by atoms with E-state index in [-0.39, 0.29) is 11.7 Å². The minimum atomic E-state index is -0.891. The number of benzene rings is 2. The van der Waals surface area contributed by atoms with Crippen molar-refractivity contribution >= 4 is 11.8 Å². The number of carbonyl (C=O) groups is 2. The number of nitrogens with one attached hydrogen (secondary N) is 1. The molecule has 0 aliphatic carbocycles. The molecular weight excluding hydrogens is 416 g/mol. The van der Waals surface area contributed by atoms with Gasteiger partial charge in [-0.2, -0.15) is 0 Å². The van der Waals surface area contributed by atoms with Gasteiger partial charge in [-0.25, -0.2) is 8.78 Å². The SMILES string of the molecule is O=C1NCCN(C(=O)COc2ccc(F)cc2F)C1Cc1cccc(-c2cccnc2)c1. The fourth-order valence-corrected chi connectivity index (χ4v) is 3.67. The van der Waals surface area contributed by atoms with Crippen molar-refractivity contribution in [3.8, 4) is 16.9 Å². The Balaban J connectivity index is 1.48. The minimum Gasteiger partial charge on any atom is -0.481 e. The average Bonchev–Trinajstić information content (AvgIpc) is 2.80. The lowest BCUT2D eigenvalue weighted by atomic mass is 9.98. The summed E-state index contributed by atoms with van der Waals surface area (Å²) in [5.74, 6) is -2.55. The quantitative estimate of drug-likeness (QED) is 0.644. The molecule has 1 aliphatic rings. The van der Waals surface area contributed by atoms with Gasteiger partial charge in [0.25, 0.3) is 5.91 Å². The summed E-state index contributed by atoms with van der Waals surface area (Å²) in [7, 11) is 0. The first kappa shape index (κ1) is 21.4. The second-order valence-electron chi connectivity index (χ2n) is 7.40. The number of halogens is 2. The minimum absolute atomic E-state index is 0.220. The molecule has 2 heterocycles. The topological polar surface area (TPSA) is 71.5 Å². The summed E-state index contributed by atoms with van der Waals surface area (Å²) in [5.41, 5.74) is 2.79. The number of carbonyl (C=O) groups excluding carboxylic acids is 2. The molecule has 8 heteroatoms. The molecular formula is C24H21F2N3O3. The Morgan fingerprint density at radius 2 is 1.97 bits per heavy atom. The number of piperazine rings is 1. The molecule has 1 aromatic heterocycles. The number of hydrogen-bond donors (Lipinski definition) is 1. The summed E-state index contributed by atoms with van der Waals surface area (Å²) in [6.45, 7) is 0.177. The highest BCUT2D eigenvalue weighted by molar-refractivity contribution is 5.89. The maximum atomic E-state index is 13.8. The fourth-order valence-electron chi connectivity index (χ4n) is 3.67. The largest absolute Gasteiger partial charge is 0.481 e. The maximum Gasteiger partial charge on any atom is 0.261 e. The molecule has 0 spiro atoms. The molecule has 0 bridgehead atoms. The molecule has 1 saturated heterocycles. The number of amides is 2. The number of hydrogen-bond acceptors (Lipinski definition) is 4. The van der Waals surface area contributed by atoms with Crippen LogP contribution in [0, 0.1) is 11.6 Å². The van der Waals surface area contributed by atoms with E-state index in [1.54, 1.807) is 12.4 Å². The van der Waals surface area contributed by atoms with Gasteiger partial charge in [-0.1, -0.05) is 30.3 Å². The van der Waals surface area contributed by atoms with E-state index in [0.29, 0.717) is 25.6 Å². The highest BCUT2D eigenvalue weighted by atomic mass is 19.1. The van der Waals surface area contributed by atoms with Crippen molar-refractivity contribution in [3.63, 3.8) is 0 Å². The summed E-state index contributed by atoms with van der Waals surface area (Å²) < 4.78 is 32.1. The summed E-state index contributed by atoms with van der Waals surface area (Å²) in [6.07, 6.45) is 3.77. The van der Waals surface area contributed by atoms with Crippen LogP contribution in [0.1, 0.15) is 5.56 Å². The molecule has 2 aromatic carbocycles. The monoisotopic (exact) mass is 437 g/mol. The van der Waals surface area contributed by atoms with E-state index < -0.39 is 30.2 Å². The van der Waals surface area contributed by atoms with Crippen LogP contribution >= 0.6 is 0 Å². The number of ether oxygens (including phenoxy) is 1.